The summed E-state index contributed by atoms with van der Waals surface area (Å²) in [7, 11) is 0. The molecule has 3 aromatic heterocycles. The van der Waals surface area contributed by atoms with Gasteiger partial charge in [-0.2, -0.15) is 13.2 Å². The lowest BCUT2D eigenvalue weighted by Crippen LogP contribution is -2.37. The zero-order chi connectivity index (χ0) is 26.2. The first-order valence-corrected chi connectivity index (χ1v) is 10.7. The van der Waals surface area contributed by atoms with Crippen molar-refractivity contribution in [1.82, 2.24) is 34.1 Å². The van der Waals surface area contributed by atoms with Gasteiger partial charge in [0.2, 0.25) is 5.82 Å². The van der Waals surface area contributed by atoms with E-state index in [2.05, 4.69) is 20.2 Å². The molecule has 3 N–H and O–H groups in total. The van der Waals surface area contributed by atoms with Crippen molar-refractivity contribution >= 4 is 29.1 Å². The van der Waals surface area contributed by atoms with Gasteiger partial charge in [-0.15, -0.1) is 10.2 Å². The quantitative estimate of drug-likeness (QED) is 0.363. The molecule has 0 aliphatic rings. The van der Waals surface area contributed by atoms with E-state index < -0.39 is 37.0 Å². The molecule has 0 saturated carbocycles. The van der Waals surface area contributed by atoms with Crippen molar-refractivity contribution in [2.24, 2.45) is 5.73 Å². The second-order valence-corrected chi connectivity index (χ2v) is 8.24. The van der Waals surface area contributed by atoms with Gasteiger partial charge < -0.3 is 10.8 Å². The third-order valence-electron chi connectivity index (χ3n) is 4.90. The monoisotopic (exact) mass is 542 g/mol. The maximum absolute atomic E-state index is 13.0. The zero-order valence-electron chi connectivity index (χ0n) is 17.9. The number of primary amides is 1. The van der Waals surface area contributed by atoms with Crippen LogP contribution in [0.25, 0.3) is 17.1 Å². The average molecular weight is 543 g/mol. The number of benzene rings is 1. The highest BCUT2D eigenvalue weighted by atomic mass is 35.5. The van der Waals surface area contributed by atoms with Gasteiger partial charge in [0.25, 0.3) is 5.91 Å². The first kappa shape index (κ1) is 25.3. The van der Waals surface area contributed by atoms with Crippen LogP contribution in [0.15, 0.2) is 47.5 Å². The molecule has 11 nitrogen and oxygen atoms in total. The minimum atomic E-state index is -4.97. The minimum Gasteiger partial charge on any atom is -0.382 e. The predicted molar refractivity (Wildman–Crippen MR) is 121 cm³/mol. The van der Waals surface area contributed by atoms with Crippen molar-refractivity contribution in [2.75, 3.05) is 0 Å². The lowest BCUT2D eigenvalue weighted by molar-refractivity contribution is -0.207. The molecule has 0 radical (unpaired) electrons. The van der Waals surface area contributed by atoms with Crippen molar-refractivity contribution in [3.8, 4) is 17.1 Å². The van der Waals surface area contributed by atoms with Crippen molar-refractivity contribution in [3.63, 3.8) is 0 Å². The number of aromatic nitrogens is 7. The maximum Gasteiger partial charge on any atom is 0.416 e. The summed E-state index contributed by atoms with van der Waals surface area (Å²) >= 11 is 12.0. The van der Waals surface area contributed by atoms with E-state index in [0.29, 0.717) is 9.59 Å². The van der Waals surface area contributed by atoms with E-state index in [1.807, 2.05) is 0 Å². The number of carbonyl (C=O) groups is 1. The number of carbonyl (C=O) groups excluding carboxylic acids is 1. The van der Waals surface area contributed by atoms with Crippen LogP contribution < -0.4 is 11.4 Å². The topological polar surface area (TPSA) is 147 Å². The van der Waals surface area contributed by atoms with Gasteiger partial charge in [-0.25, -0.2) is 19.1 Å². The Labute approximate surface area is 209 Å². The van der Waals surface area contributed by atoms with E-state index in [4.69, 9.17) is 28.9 Å². The molecule has 1 aromatic carbocycles. The Morgan fingerprint density at radius 2 is 1.83 bits per heavy atom. The number of nitrogens with two attached hydrogens (primary N) is 1. The molecule has 36 heavy (non-hydrogen) atoms. The largest absolute Gasteiger partial charge is 0.416 e. The van der Waals surface area contributed by atoms with E-state index in [1.54, 1.807) is 0 Å². The lowest BCUT2D eigenvalue weighted by atomic mass is 10.2. The molecule has 1 amide bonds. The first-order valence-electron chi connectivity index (χ1n) is 9.99. The molecule has 3 heterocycles. The fourth-order valence-electron chi connectivity index (χ4n) is 3.21. The Morgan fingerprint density at radius 1 is 1.14 bits per heavy atom. The van der Waals surface area contributed by atoms with Gasteiger partial charge in [0.1, 0.15) is 12.2 Å². The van der Waals surface area contributed by atoms with Gasteiger partial charge in [-0.1, -0.05) is 23.2 Å². The summed E-state index contributed by atoms with van der Waals surface area (Å²) in [6, 6.07) is 7.27. The second-order valence-electron chi connectivity index (χ2n) is 7.39. The smallest absolute Gasteiger partial charge is 0.382 e. The third kappa shape index (κ3) is 5.10. The summed E-state index contributed by atoms with van der Waals surface area (Å²) in [5.74, 6) is -1.56. The lowest BCUT2D eigenvalue weighted by Gasteiger charge is -2.15. The number of amides is 1. The molecule has 4 rings (SSSR count). The van der Waals surface area contributed by atoms with Crippen LogP contribution in [0.4, 0.5) is 13.2 Å². The number of aliphatic hydroxyl groups excluding tert-OH is 1. The van der Waals surface area contributed by atoms with E-state index in [-0.39, 0.29) is 33.7 Å². The summed E-state index contributed by atoms with van der Waals surface area (Å²) in [6.07, 6.45) is -5.08. The van der Waals surface area contributed by atoms with Crippen LogP contribution in [0.2, 0.25) is 10.0 Å². The standard InChI is InChI=1S/C20H15Cl2F3N8O3/c21-11-3-1-10(2-4-11)17-30-32(19(36)31(17)8-14(34)20(23,24)25)9-15-28-18(16(26)35)33(29-15)13-7-27-6-5-12(13)22/h1-7,14,34H,8-9H2,(H2,26,35)/t14-/m0/s1. The summed E-state index contributed by atoms with van der Waals surface area (Å²) in [4.78, 5) is 32.9. The minimum absolute atomic E-state index is 0.116. The molecule has 4 aromatic rings. The summed E-state index contributed by atoms with van der Waals surface area (Å²) in [6.45, 7) is -1.56. The Balaban J connectivity index is 1.78. The number of alkyl halides is 3. The van der Waals surface area contributed by atoms with Crippen LogP contribution in [0.3, 0.4) is 0 Å². The fourth-order valence-corrected chi connectivity index (χ4v) is 3.52. The molecule has 0 saturated heterocycles. The van der Waals surface area contributed by atoms with Crippen LogP contribution in [0.5, 0.6) is 0 Å². The van der Waals surface area contributed by atoms with E-state index in [9.17, 15) is 27.9 Å². The van der Waals surface area contributed by atoms with Gasteiger partial charge >= 0.3 is 11.9 Å². The summed E-state index contributed by atoms with van der Waals surface area (Å²) in [5, 5.41) is 18.4. The van der Waals surface area contributed by atoms with E-state index in [0.717, 1.165) is 9.36 Å². The molecule has 0 bridgehead atoms. The molecular formula is C20H15Cl2F3N8O3. The van der Waals surface area contributed by atoms with Gasteiger partial charge in [-0.3, -0.25) is 14.3 Å². The Morgan fingerprint density at radius 3 is 2.44 bits per heavy atom. The van der Waals surface area contributed by atoms with Crippen LogP contribution in [-0.2, 0) is 13.1 Å². The maximum atomic E-state index is 13.0. The molecule has 16 heteroatoms. The molecule has 188 valence electrons. The number of halogens is 5. The molecule has 0 aliphatic carbocycles. The number of pyridine rings is 1. The normalized spacial score (nSPS) is 12.6. The van der Waals surface area contributed by atoms with Crippen LogP contribution >= 0.6 is 23.2 Å². The van der Waals surface area contributed by atoms with Crippen molar-refractivity contribution in [2.45, 2.75) is 25.4 Å². The predicted octanol–water partition coefficient (Wildman–Crippen LogP) is 2.06. The molecule has 0 fully saturated rings. The van der Waals surface area contributed by atoms with Crippen molar-refractivity contribution < 1.29 is 23.1 Å². The molecule has 0 spiro atoms. The zero-order valence-corrected chi connectivity index (χ0v) is 19.4. The number of hydrogen-bond acceptors (Lipinski definition) is 7. The van der Waals surface area contributed by atoms with Crippen LogP contribution in [0, 0.1) is 0 Å². The van der Waals surface area contributed by atoms with E-state index >= 15 is 0 Å². The highest BCUT2D eigenvalue weighted by Crippen LogP contribution is 2.24. The second kappa shape index (κ2) is 9.72. The van der Waals surface area contributed by atoms with Crippen molar-refractivity contribution in [1.29, 1.82) is 0 Å². The molecule has 1 atom stereocenters. The van der Waals surface area contributed by atoms with Gasteiger partial charge in [0.15, 0.2) is 17.8 Å². The summed E-state index contributed by atoms with van der Waals surface area (Å²) in [5.41, 5.74) is 4.85. The third-order valence-corrected chi connectivity index (χ3v) is 5.47. The Hall–Kier alpha value is -3.75. The number of aliphatic hydroxyl groups is 1. The Kier molecular flexibility index (Phi) is 6.84. The van der Waals surface area contributed by atoms with Gasteiger partial charge in [0, 0.05) is 16.8 Å². The number of hydrogen-bond donors (Lipinski definition) is 2. The fraction of sp³-hybridized carbons (Fsp3) is 0.200. The van der Waals surface area contributed by atoms with E-state index in [1.165, 1.54) is 42.7 Å². The first-order chi connectivity index (χ1) is 17.0. The number of rotatable bonds is 7. The Bertz CT molecular complexity index is 1480. The molecule has 0 unspecified atom stereocenters. The molecule has 0 aliphatic heterocycles. The SMILES string of the molecule is NC(=O)c1nc(Cn2nc(-c3ccc(Cl)cc3)n(C[C@H](O)C(F)(F)F)c2=O)nn1-c1cnccc1Cl. The van der Waals surface area contributed by atoms with Gasteiger partial charge in [-0.05, 0) is 30.3 Å². The number of nitrogens with zero attached hydrogens (tertiary/aromatic N) is 7. The summed E-state index contributed by atoms with van der Waals surface area (Å²) < 4.78 is 41.6. The highest BCUT2D eigenvalue weighted by molar-refractivity contribution is 6.32. The van der Waals surface area contributed by atoms with Crippen molar-refractivity contribution in [3.05, 3.63) is 74.9 Å². The van der Waals surface area contributed by atoms with Crippen LogP contribution in [0.1, 0.15) is 16.4 Å². The van der Waals surface area contributed by atoms with Crippen LogP contribution in [-0.4, -0.2) is 57.4 Å². The molecular weight excluding hydrogens is 528 g/mol. The highest BCUT2D eigenvalue weighted by Gasteiger charge is 2.39. The van der Waals surface area contributed by atoms with Gasteiger partial charge in [0.05, 0.1) is 17.8 Å². The average Bonchev–Trinajstić information content (AvgIpc) is 3.36.